The zero-order valence-electron chi connectivity index (χ0n) is 10.3. The van der Waals surface area contributed by atoms with E-state index in [1.165, 1.54) is 5.56 Å². The van der Waals surface area contributed by atoms with E-state index in [0.29, 0.717) is 5.92 Å². The Bertz CT molecular complexity index is 361. The Balaban J connectivity index is 2.74. The fourth-order valence-electron chi connectivity index (χ4n) is 1.41. The van der Waals surface area contributed by atoms with Gasteiger partial charge in [-0.15, -0.1) is 0 Å². The molecule has 0 aliphatic heterocycles. The molecule has 3 heteroatoms. The molecule has 0 aliphatic rings. The molecule has 1 aromatic carbocycles. The molecule has 0 radical (unpaired) electrons. The molecule has 0 bridgehead atoms. The van der Waals surface area contributed by atoms with Crippen LogP contribution in [0.2, 0.25) is 0 Å². The van der Waals surface area contributed by atoms with Crippen LogP contribution in [-0.2, 0) is 4.79 Å². The summed E-state index contributed by atoms with van der Waals surface area (Å²) in [5, 5.41) is 2.56. The Morgan fingerprint density at radius 2 is 2.00 bits per heavy atom. The third-order valence-corrected chi connectivity index (χ3v) is 2.45. The van der Waals surface area contributed by atoms with Crippen LogP contribution < -0.4 is 10.1 Å². The molecule has 1 N–H and O–H groups in total. The van der Waals surface area contributed by atoms with Gasteiger partial charge in [0.1, 0.15) is 5.75 Å². The first-order valence-electron chi connectivity index (χ1n) is 5.52. The Kier molecular flexibility index (Phi) is 4.35. The van der Waals surface area contributed by atoms with Crippen molar-refractivity contribution < 1.29 is 9.53 Å². The monoisotopic (exact) mass is 221 g/mol. The standard InChI is InChI=1S/C13H19NO2/c1-9(2)11-6-5-7-12(8-11)16-10(3)13(15)14-4/h5-10H,1-4H3,(H,14,15). The zero-order chi connectivity index (χ0) is 12.1. The van der Waals surface area contributed by atoms with E-state index in [2.05, 4.69) is 25.2 Å². The van der Waals surface area contributed by atoms with Gasteiger partial charge in [-0.1, -0.05) is 26.0 Å². The van der Waals surface area contributed by atoms with Crippen molar-refractivity contribution in [3.8, 4) is 5.75 Å². The van der Waals surface area contributed by atoms with Crippen LogP contribution in [0.1, 0.15) is 32.3 Å². The summed E-state index contributed by atoms with van der Waals surface area (Å²) in [5.74, 6) is 1.08. The van der Waals surface area contributed by atoms with E-state index in [4.69, 9.17) is 4.74 Å². The lowest BCUT2D eigenvalue weighted by Gasteiger charge is -2.14. The predicted molar refractivity (Wildman–Crippen MR) is 64.7 cm³/mol. The van der Waals surface area contributed by atoms with Gasteiger partial charge in [-0.2, -0.15) is 0 Å². The molecular weight excluding hydrogens is 202 g/mol. The zero-order valence-corrected chi connectivity index (χ0v) is 10.3. The smallest absolute Gasteiger partial charge is 0.260 e. The SMILES string of the molecule is CNC(=O)C(C)Oc1cccc(C(C)C)c1. The van der Waals surface area contributed by atoms with E-state index in [-0.39, 0.29) is 5.91 Å². The number of hydrogen-bond acceptors (Lipinski definition) is 2. The van der Waals surface area contributed by atoms with Gasteiger partial charge >= 0.3 is 0 Å². The molecular formula is C13H19NO2. The molecule has 1 unspecified atom stereocenters. The summed E-state index contributed by atoms with van der Waals surface area (Å²) >= 11 is 0. The van der Waals surface area contributed by atoms with Crippen molar-refractivity contribution in [1.82, 2.24) is 5.32 Å². The number of nitrogens with one attached hydrogen (secondary N) is 1. The molecule has 1 atom stereocenters. The second kappa shape index (κ2) is 5.54. The number of likely N-dealkylation sites (N-methyl/N-ethyl adjacent to an activating group) is 1. The summed E-state index contributed by atoms with van der Waals surface area (Å²) in [6.07, 6.45) is -0.465. The van der Waals surface area contributed by atoms with E-state index in [0.717, 1.165) is 5.75 Å². The lowest BCUT2D eigenvalue weighted by atomic mass is 10.0. The fraction of sp³-hybridized carbons (Fsp3) is 0.462. The van der Waals surface area contributed by atoms with E-state index in [1.54, 1.807) is 14.0 Å². The molecule has 88 valence electrons. The summed E-state index contributed by atoms with van der Waals surface area (Å²) in [6, 6.07) is 7.85. The average molecular weight is 221 g/mol. The highest BCUT2D eigenvalue weighted by molar-refractivity contribution is 5.80. The van der Waals surface area contributed by atoms with Gasteiger partial charge in [0.2, 0.25) is 0 Å². The van der Waals surface area contributed by atoms with Crippen LogP contribution >= 0.6 is 0 Å². The largest absolute Gasteiger partial charge is 0.481 e. The van der Waals surface area contributed by atoms with Crippen molar-refractivity contribution in [1.29, 1.82) is 0 Å². The van der Waals surface area contributed by atoms with Crippen LogP contribution in [0.4, 0.5) is 0 Å². The molecule has 0 saturated heterocycles. The van der Waals surface area contributed by atoms with Gasteiger partial charge in [-0.05, 0) is 30.5 Å². The Labute approximate surface area is 96.8 Å². The molecule has 1 rings (SSSR count). The molecule has 3 nitrogen and oxygen atoms in total. The van der Waals surface area contributed by atoms with Crippen molar-refractivity contribution in [3.05, 3.63) is 29.8 Å². The molecule has 16 heavy (non-hydrogen) atoms. The van der Waals surface area contributed by atoms with Gasteiger partial charge in [0.15, 0.2) is 6.10 Å². The minimum Gasteiger partial charge on any atom is -0.481 e. The summed E-state index contributed by atoms with van der Waals surface area (Å²) < 4.78 is 5.55. The maximum atomic E-state index is 11.3. The van der Waals surface area contributed by atoms with Crippen molar-refractivity contribution in [2.45, 2.75) is 32.8 Å². The lowest BCUT2D eigenvalue weighted by Crippen LogP contribution is -2.33. The third-order valence-electron chi connectivity index (χ3n) is 2.45. The van der Waals surface area contributed by atoms with E-state index in [9.17, 15) is 4.79 Å². The van der Waals surface area contributed by atoms with Crippen molar-refractivity contribution in [3.63, 3.8) is 0 Å². The summed E-state index contributed by atoms with van der Waals surface area (Å²) in [5.41, 5.74) is 1.21. The number of carbonyl (C=O) groups excluding carboxylic acids is 1. The van der Waals surface area contributed by atoms with Crippen LogP contribution in [0, 0.1) is 0 Å². The topological polar surface area (TPSA) is 38.3 Å². The number of hydrogen-bond donors (Lipinski definition) is 1. The van der Waals surface area contributed by atoms with Crippen LogP contribution in [0.15, 0.2) is 24.3 Å². The average Bonchev–Trinajstić information content (AvgIpc) is 2.28. The molecule has 0 aliphatic carbocycles. The highest BCUT2D eigenvalue weighted by atomic mass is 16.5. The predicted octanol–water partition coefficient (Wildman–Crippen LogP) is 2.32. The highest BCUT2D eigenvalue weighted by Crippen LogP contribution is 2.20. The van der Waals surface area contributed by atoms with E-state index < -0.39 is 6.10 Å². The molecule has 1 aromatic rings. The first-order valence-corrected chi connectivity index (χ1v) is 5.52. The molecule has 0 heterocycles. The van der Waals surface area contributed by atoms with Crippen LogP contribution in [-0.4, -0.2) is 19.1 Å². The highest BCUT2D eigenvalue weighted by Gasteiger charge is 2.12. The molecule has 0 saturated carbocycles. The van der Waals surface area contributed by atoms with Crippen molar-refractivity contribution in [2.24, 2.45) is 0 Å². The maximum Gasteiger partial charge on any atom is 0.260 e. The number of carbonyl (C=O) groups is 1. The molecule has 0 fully saturated rings. The normalized spacial score (nSPS) is 12.3. The number of ether oxygens (including phenoxy) is 1. The van der Waals surface area contributed by atoms with Gasteiger partial charge in [0, 0.05) is 7.05 Å². The minimum absolute atomic E-state index is 0.116. The number of benzene rings is 1. The second-order valence-corrected chi connectivity index (χ2v) is 4.10. The number of rotatable bonds is 4. The van der Waals surface area contributed by atoms with Crippen molar-refractivity contribution >= 4 is 5.91 Å². The fourth-order valence-corrected chi connectivity index (χ4v) is 1.41. The first-order chi connectivity index (χ1) is 7.54. The van der Waals surface area contributed by atoms with Crippen LogP contribution in [0.5, 0.6) is 5.75 Å². The molecule has 0 spiro atoms. The quantitative estimate of drug-likeness (QED) is 0.847. The van der Waals surface area contributed by atoms with Crippen LogP contribution in [0.3, 0.4) is 0 Å². The third kappa shape index (κ3) is 3.26. The van der Waals surface area contributed by atoms with Gasteiger partial charge in [0.05, 0.1) is 0 Å². The van der Waals surface area contributed by atoms with E-state index in [1.807, 2.05) is 18.2 Å². The Morgan fingerprint density at radius 3 is 2.56 bits per heavy atom. The molecule has 1 amide bonds. The Morgan fingerprint density at radius 1 is 1.31 bits per heavy atom. The first kappa shape index (κ1) is 12.6. The van der Waals surface area contributed by atoms with Crippen molar-refractivity contribution in [2.75, 3.05) is 7.05 Å². The lowest BCUT2D eigenvalue weighted by molar-refractivity contribution is -0.126. The Hall–Kier alpha value is -1.51. The van der Waals surface area contributed by atoms with Gasteiger partial charge in [0.25, 0.3) is 5.91 Å². The summed E-state index contributed by atoms with van der Waals surface area (Å²) in [6.45, 7) is 5.99. The maximum absolute atomic E-state index is 11.3. The molecule has 0 aromatic heterocycles. The number of amides is 1. The van der Waals surface area contributed by atoms with Gasteiger partial charge in [-0.3, -0.25) is 4.79 Å². The minimum atomic E-state index is -0.465. The van der Waals surface area contributed by atoms with Crippen LogP contribution in [0.25, 0.3) is 0 Å². The van der Waals surface area contributed by atoms with Gasteiger partial charge in [-0.25, -0.2) is 0 Å². The summed E-state index contributed by atoms with van der Waals surface area (Å²) in [7, 11) is 1.60. The van der Waals surface area contributed by atoms with Gasteiger partial charge < -0.3 is 10.1 Å². The second-order valence-electron chi connectivity index (χ2n) is 4.10. The van der Waals surface area contributed by atoms with E-state index >= 15 is 0 Å². The summed E-state index contributed by atoms with van der Waals surface area (Å²) in [4.78, 5) is 11.3.